The molecule has 0 aliphatic rings. The largest absolute Gasteiger partial charge is 0.461 e. The van der Waals surface area contributed by atoms with Gasteiger partial charge in [-0.2, -0.15) is 5.10 Å². The van der Waals surface area contributed by atoms with Crippen LogP contribution >= 0.6 is 0 Å². The summed E-state index contributed by atoms with van der Waals surface area (Å²) in [6.45, 7) is 2.11. The molecule has 3 rings (SSSR count). The van der Waals surface area contributed by atoms with Gasteiger partial charge in [-0.1, -0.05) is 6.07 Å². The number of carbonyl (C=O) groups is 1. The smallest absolute Gasteiger partial charge is 0.356 e. The van der Waals surface area contributed by atoms with Crippen molar-refractivity contribution >= 4 is 5.97 Å². The fraction of sp³-hybridized carbons (Fsp3) is 0.167. The van der Waals surface area contributed by atoms with E-state index in [1.165, 1.54) is 4.68 Å². The molecule has 1 aromatic carbocycles. The number of hydrogen-bond donors (Lipinski definition) is 0. The fourth-order valence-corrected chi connectivity index (χ4v) is 2.23. The number of aromatic nitrogens is 3. The fourth-order valence-electron chi connectivity index (χ4n) is 2.23. The van der Waals surface area contributed by atoms with E-state index in [1.807, 2.05) is 36.4 Å². The number of pyridine rings is 1. The summed E-state index contributed by atoms with van der Waals surface area (Å²) in [6.07, 6.45) is 1.68. The number of carbonyl (C=O) groups excluding carboxylic acids is 1. The van der Waals surface area contributed by atoms with Gasteiger partial charge >= 0.3 is 5.97 Å². The predicted octanol–water partition coefficient (Wildman–Crippen LogP) is 3.45. The van der Waals surface area contributed by atoms with Crippen molar-refractivity contribution in [2.24, 2.45) is 7.05 Å². The summed E-state index contributed by atoms with van der Waals surface area (Å²) in [5.41, 5.74) is 2.00. The quantitative estimate of drug-likeness (QED) is 0.673. The molecule has 0 unspecified atom stereocenters. The summed E-state index contributed by atoms with van der Waals surface area (Å²) in [5, 5.41) is 4.36. The van der Waals surface area contributed by atoms with Crippen molar-refractivity contribution in [2.45, 2.75) is 6.92 Å². The van der Waals surface area contributed by atoms with Crippen LogP contribution in [0.4, 0.5) is 0 Å². The Balaban J connectivity index is 1.78. The average Bonchev–Trinajstić information content (AvgIpc) is 2.99. The molecule has 2 aromatic heterocycles. The molecule has 0 aliphatic heterocycles. The van der Waals surface area contributed by atoms with Gasteiger partial charge in [0.1, 0.15) is 11.4 Å². The topological polar surface area (TPSA) is 66.2 Å². The van der Waals surface area contributed by atoms with Crippen LogP contribution in [-0.4, -0.2) is 27.3 Å². The van der Waals surface area contributed by atoms with Crippen LogP contribution in [-0.2, 0) is 11.8 Å². The van der Waals surface area contributed by atoms with Gasteiger partial charge in [0.15, 0.2) is 0 Å². The minimum atomic E-state index is -0.381. The van der Waals surface area contributed by atoms with Crippen LogP contribution in [0.1, 0.15) is 17.4 Å². The third kappa shape index (κ3) is 3.43. The first-order valence-electron chi connectivity index (χ1n) is 7.58. The Labute approximate surface area is 139 Å². The van der Waals surface area contributed by atoms with Crippen LogP contribution in [0.25, 0.3) is 11.3 Å². The highest BCUT2D eigenvalue weighted by Crippen LogP contribution is 2.24. The molecule has 2 heterocycles. The molecule has 0 atom stereocenters. The van der Waals surface area contributed by atoms with E-state index >= 15 is 0 Å². The van der Waals surface area contributed by atoms with Crippen molar-refractivity contribution in [3.05, 3.63) is 60.4 Å². The van der Waals surface area contributed by atoms with Gasteiger partial charge in [-0.15, -0.1) is 0 Å². The van der Waals surface area contributed by atoms with Crippen LogP contribution in [0.2, 0.25) is 0 Å². The Morgan fingerprint density at radius 2 is 1.96 bits per heavy atom. The van der Waals surface area contributed by atoms with Crippen molar-refractivity contribution in [1.82, 2.24) is 14.8 Å². The van der Waals surface area contributed by atoms with Crippen LogP contribution in [0.5, 0.6) is 11.6 Å². The Kier molecular flexibility index (Phi) is 4.56. The van der Waals surface area contributed by atoms with Gasteiger partial charge in [0.25, 0.3) is 0 Å². The SMILES string of the molecule is CCOC(=O)c1cc(-c2ccc(Oc3ccccn3)cc2)nn1C. The molecule has 0 aliphatic carbocycles. The van der Waals surface area contributed by atoms with Gasteiger partial charge in [0.05, 0.1) is 12.3 Å². The van der Waals surface area contributed by atoms with Crippen molar-refractivity contribution in [3.63, 3.8) is 0 Å². The number of aryl methyl sites for hydroxylation is 1. The standard InChI is InChI=1S/C18H17N3O3/c1-3-23-18(22)16-12-15(20-21(16)2)13-7-9-14(10-8-13)24-17-6-4-5-11-19-17/h4-12H,3H2,1-2H3. The number of nitrogens with zero attached hydrogens (tertiary/aromatic N) is 3. The first kappa shape index (κ1) is 15.7. The molecule has 0 amide bonds. The van der Waals surface area contributed by atoms with Crippen molar-refractivity contribution < 1.29 is 14.3 Å². The molecule has 0 fully saturated rings. The summed E-state index contributed by atoms with van der Waals surface area (Å²) in [6, 6.07) is 14.6. The van der Waals surface area contributed by atoms with E-state index in [0.717, 1.165) is 5.56 Å². The maximum absolute atomic E-state index is 11.9. The van der Waals surface area contributed by atoms with E-state index in [2.05, 4.69) is 10.1 Å². The van der Waals surface area contributed by atoms with Gasteiger partial charge in [0, 0.05) is 24.9 Å². The maximum Gasteiger partial charge on any atom is 0.356 e. The zero-order valence-electron chi connectivity index (χ0n) is 13.5. The molecule has 6 heteroatoms. The zero-order chi connectivity index (χ0) is 16.9. The molecule has 3 aromatic rings. The third-order valence-corrected chi connectivity index (χ3v) is 3.37. The van der Waals surface area contributed by atoms with E-state index in [0.29, 0.717) is 29.6 Å². The van der Waals surface area contributed by atoms with Gasteiger partial charge in [0.2, 0.25) is 5.88 Å². The molecule has 122 valence electrons. The molecule has 24 heavy (non-hydrogen) atoms. The van der Waals surface area contributed by atoms with E-state index in [-0.39, 0.29) is 5.97 Å². The summed E-state index contributed by atoms with van der Waals surface area (Å²) in [7, 11) is 1.72. The average molecular weight is 323 g/mol. The molecule has 0 saturated heterocycles. The van der Waals surface area contributed by atoms with Gasteiger partial charge < -0.3 is 9.47 Å². The van der Waals surface area contributed by atoms with E-state index in [4.69, 9.17) is 9.47 Å². The lowest BCUT2D eigenvalue weighted by Crippen LogP contribution is -2.10. The van der Waals surface area contributed by atoms with Crippen LogP contribution in [0.15, 0.2) is 54.7 Å². The minimum Gasteiger partial charge on any atom is -0.461 e. The second-order valence-electron chi connectivity index (χ2n) is 5.05. The number of benzene rings is 1. The lowest BCUT2D eigenvalue weighted by atomic mass is 10.1. The van der Waals surface area contributed by atoms with Crippen LogP contribution in [0, 0.1) is 0 Å². The lowest BCUT2D eigenvalue weighted by molar-refractivity contribution is 0.0513. The minimum absolute atomic E-state index is 0.332. The zero-order valence-corrected chi connectivity index (χ0v) is 13.5. The molecule has 6 nitrogen and oxygen atoms in total. The third-order valence-electron chi connectivity index (χ3n) is 3.37. The highest BCUT2D eigenvalue weighted by molar-refractivity contribution is 5.89. The van der Waals surface area contributed by atoms with Crippen molar-refractivity contribution in [3.8, 4) is 22.9 Å². The monoisotopic (exact) mass is 323 g/mol. The predicted molar refractivity (Wildman–Crippen MR) is 88.9 cm³/mol. The van der Waals surface area contributed by atoms with Crippen molar-refractivity contribution in [2.75, 3.05) is 6.61 Å². The number of esters is 1. The first-order chi connectivity index (χ1) is 11.7. The second-order valence-corrected chi connectivity index (χ2v) is 5.05. The molecule has 0 radical (unpaired) electrons. The Hall–Kier alpha value is -3.15. The highest BCUT2D eigenvalue weighted by atomic mass is 16.5. The number of rotatable bonds is 5. The highest BCUT2D eigenvalue weighted by Gasteiger charge is 2.15. The summed E-state index contributed by atoms with van der Waals surface area (Å²) in [4.78, 5) is 16.0. The Morgan fingerprint density at radius 1 is 1.17 bits per heavy atom. The molecule has 0 bridgehead atoms. The number of hydrogen-bond acceptors (Lipinski definition) is 5. The summed E-state index contributed by atoms with van der Waals surface area (Å²) >= 11 is 0. The Morgan fingerprint density at radius 3 is 2.62 bits per heavy atom. The molecule has 0 saturated carbocycles. The first-order valence-corrected chi connectivity index (χ1v) is 7.58. The summed E-state index contributed by atoms with van der Waals surface area (Å²) < 4.78 is 12.2. The summed E-state index contributed by atoms with van der Waals surface area (Å²) in [5.74, 6) is 0.834. The van der Waals surface area contributed by atoms with E-state index in [9.17, 15) is 4.79 Å². The molecular formula is C18H17N3O3. The van der Waals surface area contributed by atoms with Gasteiger partial charge in [-0.3, -0.25) is 4.68 Å². The van der Waals surface area contributed by atoms with E-state index in [1.54, 1.807) is 32.3 Å². The van der Waals surface area contributed by atoms with Crippen LogP contribution in [0.3, 0.4) is 0 Å². The van der Waals surface area contributed by atoms with E-state index < -0.39 is 0 Å². The normalized spacial score (nSPS) is 10.4. The van der Waals surface area contributed by atoms with Gasteiger partial charge in [-0.25, -0.2) is 9.78 Å². The Bertz CT molecular complexity index is 826. The second kappa shape index (κ2) is 6.95. The molecule has 0 spiro atoms. The molecular weight excluding hydrogens is 306 g/mol. The maximum atomic E-state index is 11.9. The molecule has 0 N–H and O–H groups in total. The van der Waals surface area contributed by atoms with Crippen LogP contribution < -0.4 is 4.74 Å². The van der Waals surface area contributed by atoms with Gasteiger partial charge in [-0.05, 0) is 43.3 Å². The van der Waals surface area contributed by atoms with Crippen molar-refractivity contribution in [1.29, 1.82) is 0 Å². The lowest BCUT2D eigenvalue weighted by Gasteiger charge is -2.04. The number of ether oxygens (including phenoxy) is 2.